The van der Waals surface area contributed by atoms with Crippen molar-refractivity contribution in [1.82, 2.24) is 4.57 Å². The van der Waals surface area contributed by atoms with Crippen LogP contribution in [-0.4, -0.2) is 16.4 Å². The molecule has 1 aromatic heterocycles. The van der Waals surface area contributed by atoms with E-state index in [9.17, 15) is 9.59 Å². The molecule has 1 heterocycles. The molecule has 1 amide bonds. The molecule has 6 nitrogen and oxygen atoms in total. The lowest BCUT2D eigenvalue weighted by molar-refractivity contribution is -0.210. The van der Waals surface area contributed by atoms with Crippen LogP contribution in [0.5, 0.6) is 5.75 Å². The second kappa shape index (κ2) is 8.75. The van der Waals surface area contributed by atoms with Crippen molar-refractivity contribution in [3.05, 3.63) is 102 Å². The number of hydrogen-bond donors (Lipinski definition) is 1. The summed E-state index contributed by atoms with van der Waals surface area (Å²) in [6, 6.07) is 29.4. The molecule has 0 bridgehead atoms. The fourth-order valence-corrected chi connectivity index (χ4v) is 4.43. The second-order valence-electron chi connectivity index (χ2n) is 7.98. The number of rotatable bonds is 6. The lowest BCUT2D eigenvalue weighted by Crippen LogP contribution is -2.11. The van der Waals surface area contributed by atoms with Gasteiger partial charge >= 0.3 is 5.97 Å². The first-order valence-corrected chi connectivity index (χ1v) is 10.9. The van der Waals surface area contributed by atoms with E-state index in [1.54, 1.807) is 12.1 Å². The van der Waals surface area contributed by atoms with Crippen LogP contribution in [0.3, 0.4) is 0 Å². The number of nitrogens with two attached hydrogens (primary N) is 1. The minimum absolute atomic E-state index is 0.335. The summed E-state index contributed by atoms with van der Waals surface area (Å²) in [5.41, 5.74) is 11.1. The summed E-state index contributed by atoms with van der Waals surface area (Å²) >= 11 is 0. The largest absolute Gasteiger partial charge is 0.366 e. The third-order valence-electron chi connectivity index (χ3n) is 5.82. The number of aromatic nitrogens is 1. The molecule has 5 aromatic rings. The fraction of sp³-hybridized carbons (Fsp3) is 0.0714. The van der Waals surface area contributed by atoms with Gasteiger partial charge in [-0.15, -0.1) is 0 Å². The van der Waals surface area contributed by atoms with Gasteiger partial charge in [0.15, 0.2) is 5.75 Å². The molecule has 168 valence electrons. The highest BCUT2D eigenvalue weighted by atomic mass is 17.2. The Bertz CT molecular complexity index is 1540. The van der Waals surface area contributed by atoms with E-state index in [4.69, 9.17) is 15.5 Å². The molecule has 2 N–H and O–H groups in total. The van der Waals surface area contributed by atoms with Gasteiger partial charge in [0.1, 0.15) is 0 Å². The van der Waals surface area contributed by atoms with Crippen molar-refractivity contribution in [3.8, 4) is 16.9 Å². The van der Waals surface area contributed by atoms with Crippen LogP contribution in [0.2, 0.25) is 0 Å². The summed E-state index contributed by atoms with van der Waals surface area (Å²) in [5.74, 6) is -0.786. The van der Waals surface area contributed by atoms with Crippen LogP contribution < -0.4 is 10.6 Å². The Morgan fingerprint density at radius 2 is 1.47 bits per heavy atom. The summed E-state index contributed by atoms with van der Waals surface area (Å²) in [5, 5.41) is 1.32. The van der Waals surface area contributed by atoms with Crippen molar-refractivity contribution in [2.75, 3.05) is 0 Å². The first-order valence-electron chi connectivity index (χ1n) is 10.9. The molecule has 0 aliphatic rings. The van der Waals surface area contributed by atoms with E-state index in [2.05, 4.69) is 28.8 Å². The first-order chi connectivity index (χ1) is 16.5. The predicted molar refractivity (Wildman–Crippen MR) is 131 cm³/mol. The monoisotopic (exact) mass is 450 g/mol. The molecule has 0 atom stereocenters. The van der Waals surface area contributed by atoms with E-state index >= 15 is 0 Å². The molecule has 0 spiro atoms. The standard InChI is InChI=1S/C28H22N2O4/c1-18(31)33-34-25-16-8-15-24-27(25)26-22(28(29)32)13-7-14-23(26)30(24)17-20-11-5-6-12-21(20)19-9-3-2-4-10-19/h2-16H,17H2,1H3,(H2,29,32). The van der Waals surface area contributed by atoms with E-state index in [0.717, 1.165) is 27.7 Å². The van der Waals surface area contributed by atoms with Crippen molar-refractivity contribution < 1.29 is 19.4 Å². The molecule has 4 aromatic carbocycles. The molecule has 0 aliphatic heterocycles. The van der Waals surface area contributed by atoms with Crippen molar-refractivity contribution in [2.24, 2.45) is 5.73 Å². The Labute approximate surface area is 196 Å². The smallest absolute Gasteiger partial charge is 0.352 e. The molecular weight excluding hydrogens is 428 g/mol. The SMILES string of the molecule is CC(=O)OOc1cccc2c1c1c(C(N)=O)cccc1n2Cc1ccccc1-c1ccccc1. The van der Waals surface area contributed by atoms with E-state index in [1.165, 1.54) is 6.92 Å². The predicted octanol–water partition coefficient (Wildman–Crippen LogP) is 5.47. The third kappa shape index (κ3) is 3.75. The summed E-state index contributed by atoms with van der Waals surface area (Å²) in [6.07, 6.45) is 0. The van der Waals surface area contributed by atoms with E-state index < -0.39 is 11.9 Å². The van der Waals surface area contributed by atoms with Gasteiger partial charge < -0.3 is 10.3 Å². The van der Waals surface area contributed by atoms with Crippen LogP contribution in [0.4, 0.5) is 0 Å². The van der Waals surface area contributed by atoms with Gasteiger partial charge in [0.05, 0.1) is 16.4 Å². The minimum atomic E-state index is -0.576. The average molecular weight is 450 g/mol. The average Bonchev–Trinajstić information content (AvgIpc) is 3.17. The van der Waals surface area contributed by atoms with Crippen LogP contribution in [0.15, 0.2) is 91.0 Å². The van der Waals surface area contributed by atoms with E-state index in [-0.39, 0.29) is 0 Å². The number of hydrogen-bond acceptors (Lipinski definition) is 4. The van der Waals surface area contributed by atoms with Crippen LogP contribution in [-0.2, 0) is 16.2 Å². The number of fused-ring (bicyclic) bond motifs is 3. The number of benzene rings is 4. The van der Waals surface area contributed by atoms with Gasteiger partial charge in [0.25, 0.3) is 0 Å². The topological polar surface area (TPSA) is 83.6 Å². The van der Waals surface area contributed by atoms with Crippen LogP contribution in [0, 0.1) is 0 Å². The first kappa shape index (κ1) is 21.3. The quantitative estimate of drug-likeness (QED) is 0.275. The van der Waals surface area contributed by atoms with Gasteiger partial charge in [-0.1, -0.05) is 66.7 Å². The van der Waals surface area contributed by atoms with Gasteiger partial charge in [-0.2, -0.15) is 0 Å². The maximum atomic E-state index is 12.3. The Hall–Kier alpha value is -4.58. The highest BCUT2D eigenvalue weighted by Crippen LogP contribution is 2.38. The summed E-state index contributed by atoms with van der Waals surface area (Å²) in [4.78, 5) is 33.9. The Morgan fingerprint density at radius 3 is 2.21 bits per heavy atom. The minimum Gasteiger partial charge on any atom is -0.366 e. The van der Waals surface area contributed by atoms with Crippen molar-refractivity contribution in [1.29, 1.82) is 0 Å². The van der Waals surface area contributed by atoms with Gasteiger partial charge in [0, 0.05) is 24.4 Å². The zero-order valence-electron chi connectivity index (χ0n) is 18.5. The van der Waals surface area contributed by atoms with Crippen LogP contribution in [0.25, 0.3) is 32.9 Å². The molecule has 0 saturated heterocycles. The second-order valence-corrected chi connectivity index (χ2v) is 7.98. The summed E-state index contributed by atoms with van der Waals surface area (Å²) in [7, 11) is 0. The van der Waals surface area contributed by atoms with Gasteiger partial charge in [-0.3, -0.25) is 14.6 Å². The van der Waals surface area contributed by atoms with Gasteiger partial charge in [-0.25, -0.2) is 4.79 Å². The molecule has 0 radical (unpaired) electrons. The lowest BCUT2D eigenvalue weighted by atomic mass is 9.99. The third-order valence-corrected chi connectivity index (χ3v) is 5.82. The number of carbonyl (C=O) groups is 2. The molecule has 0 saturated carbocycles. The summed E-state index contributed by atoms with van der Waals surface area (Å²) < 4.78 is 2.12. The molecule has 0 fully saturated rings. The number of amides is 1. The van der Waals surface area contributed by atoms with Gasteiger partial charge in [0.2, 0.25) is 5.91 Å². The maximum absolute atomic E-state index is 12.3. The normalized spacial score (nSPS) is 11.0. The van der Waals surface area contributed by atoms with Crippen molar-refractivity contribution >= 4 is 33.7 Å². The number of nitrogens with zero attached hydrogens (tertiary/aromatic N) is 1. The molecule has 6 heteroatoms. The Balaban J connectivity index is 1.76. The van der Waals surface area contributed by atoms with Crippen LogP contribution in [0.1, 0.15) is 22.8 Å². The van der Waals surface area contributed by atoms with Crippen LogP contribution >= 0.6 is 0 Å². The molecule has 0 unspecified atom stereocenters. The zero-order valence-corrected chi connectivity index (χ0v) is 18.5. The number of primary amides is 1. The Morgan fingerprint density at radius 1 is 0.794 bits per heavy atom. The molecule has 5 rings (SSSR count). The van der Waals surface area contributed by atoms with E-state index in [1.807, 2.05) is 54.6 Å². The fourth-order valence-electron chi connectivity index (χ4n) is 4.43. The highest BCUT2D eigenvalue weighted by Gasteiger charge is 2.21. The van der Waals surface area contributed by atoms with Crippen molar-refractivity contribution in [2.45, 2.75) is 13.5 Å². The maximum Gasteiger partial charge on any atom is 0.352 e. The number of carbonyl (C=O) groups excluding carboxylic acids is 2. The van der Waals surface area contributed by atoms with Crippen molar-refractivity contribution in [3.63, 3.8) is 0 Å². The van der Waals surface area contributed by atoms with Gasteiger partial charge in [-0.05, 0) is 41.0 Å². The molecule has 34 heavy (non-hydrogen) atoms. The summed E-state index contributed by atoms with van der Waals surface area (Å²) in [6.45, 7) is 1.81. The highest BCUT2D eigenvalue weighted by molar-refractivity contribution is 6.19. The molecule has 0 aliphatic carbocycles. The molecular formula is C28H22N2O4. The lowest BCUT2D eigenvalue weighted by Gasteiger charge is -2.13. The zero-order chi connectivity index (χ0) is 23.7. The Kier molecular flexibility index (Phi) is 5.47. The van der Waals surface area contributed by atoms with E-state index in [0.29, 0.717) is 28.6 Å².